The van der Waals surface area contributed by atoms with E-state index in [4.69, 9.17) is 27.9 Å². The molecule has 2 unspecified atom stereocenters. The fraction of sp³-hybridized carbons (Fsp3) is 0.571. The van der Waals surface area contributed by atoms with E-state index in [-0.39, 0.29) is 18.1 Å². The molecule has 39 heavy (non-hydrogen) atoms. The van der Waals surface area contributed by atoms with E-state index >= 15 is 0 Å². The van der Waals surface area contributed by atoms with Crippen molar-refractivity contribution in [3.63, 3.8) is 0 Å². The van der Waals surface area contributed by atoms with E-state index in [1.165, 1.54) is 10.5 Å². The number of pyridine rings is 1. The molecule has 2 fully saturated rings. The maximum absolute atomic E-state index is 13.1. The Bertz CT molecular complexity index is 1300. The number of nitrogens with zero attached hydrogens (tertiary/aromatic N) is 2. The second-order valence-electron chi connectivity index (χ2n) is 11.4. The van der Waals surface area contributed by atoms with E-state index in [2.05, 4.69) is 29.5 Å². The van der Waals surface area contributed by atoms with Gasteiger partial charge in [0, 0.05) is 54.3 Å². The van der Waals surface area contributed by atoms with Crippen LogP contribution in [0.3, 0.4) is 0 Å². The van der Waals surface area contributed by atoms with Crippen molar-refractivity contribution in [3.05, 3.63) is 40.5 Å². The van der Waals surface area contributed by atoms with Crippen molar-refractivity contribution < 1.29 is 17.9 Å². The maximum atomic E-state index is 13.1. The van der Waals surface area contributed by atoms with Crippen LogP contribution in [0.1, 0.15) is 53.4 Å². The molecule has 0 aliphatic carbocycles. The fourth-order valence-electron chi connectivity index (χ4n) is 5.26. The first-order valence-corrected chi connectivity index (χ1v) is 15.7. The molecule has 0 saturated carbocycles. The highest BCUT2D eigenvalue weighted by Crippen LogP contribution is 2.37. The minimum absolute atomic E-state index is 0.111. The van der Waals surface area contributed by atoms with Gasteiger partial charge in [-0.3, -0.25) is 4.79 Å². The average Bonchev–Trinajstić information content (AvgIpc) is 2.89. The lowest BCUT2D eigenvalue weighted by Crippen LogP contribution is -2.46. The summed E-state index contributed by atoms with van der Waals surface area (Å²) in [5.74, 6) is 0.118. The largest absolute Gasteiger partial charge is 0.385 e. The third kappa shape index (κ3) is 7.44. The van der Waals surface area contributed by atoms with Gasteiger partial charge in [0.25, 0.3) is 0 Å². The number of piperidine rings is 1. The smallest absolute Gasteiger partial charge is 0.229 e. The predicted molar refractivity (Wildman–Crippen MR) is 158 cm³/mol. The minimum atomic E-state index is -3.42. The molecule has 0 spiro atoms. The molecule has 2 saturated heterocycles. The Morgan fingerprint density at radius 1 is 1.18 bits per heavy atom. The van der Waals surface area contributed by atoms with Gasteiger partial charge in [-0.05, 0) is 83.6 Å². The molecule has 1 amide bonds. The molecule has 2 N–H and O–H groups in total. The maximum Gasteiger partial charge on any atom is 0.229 e. The second-order valence-corrected chi connectivity index (χ2v) is 14.7. The van der Waals surface area contributed by atoms with Crippen LogP contribution in [0.25, 0.3) is 11.1 Å². The molecule has 11 heteroatoms. The minimum Gasteiger partial charge on any atom is -0.385 e. The summed E-state index contributed by atoms with van der Waals surface area (Å²) in [6.45, 7) is 9.74. The summed E-state index contributed by atoms with van der Waals surface area (Å²) < 4.78 is 32.5. The van der Waals surface area contributed by atoms with Gasteiger partial charge in [0.2, 0.25) is 15.9 Å². The average molecular weight is 598 g/mol. The number of ether oxygens (including phenoxy) is 1. The highest BCUT2D eigenvalue weighted by molar-refractivity contribution is 7.89. The van der Waals surface area contributed by atoms with Crippen LogP contribution < -0.4 is 10.6 Å². The molecule has 4 rings (SSSR count). The topological polar surface area (TPSA) is 101 Å². The number of halogens is 2. The molecule has 2 aliphatic heterocycles. The molecule has 3 heterocycles. The molecule has 1 aromatic carbocycles. The molecule has 2 aromatic rings. The summed E-state index contributed by atoms with van der Waals surface area (Å²) in [4.78, 5) is 17.4. The Kier molecular flexibility index (Phi) is 9.49. The highest BCUT2D eigenvalue weighted by Gasteiger charge is 2.34. The molecule has 0 bridgehead atoms. The third-order valence-electron chi connectivity index (χ3n) is 7.47. The number of benzene rings is 1. The normalized spacial score (nSPS) is 22.0. The van der Waals surface area contributed by atoms with Crippen LogP contribution in [0.15, 0.2) is 30.5 Å². The summed E-state index contributed by atoms with van der Waals surface area (Å²) in [5.41, 5.74) is 2.18. The second kappa shape index (κ2) is 12.3. The van der Waals surface area contributed by atoms with Gasteiger partial charge in [0.05, 0.1) is 21.8 Å². The number of anilines is 2. The van der Waals surface area contributed by atoms with Gasteiger partial charge in [-0.15, -0.1) is 0 Å². The van der Waals surface area contributed by atoms with E-state index in [1.54, 1.807) is 19.9 Å². The Hall–Kier alpha value is -1.91. The lowest BCUT2D eigenvalue weighted by atomic mass is 9.88. The van der Waals surface area contributed by atoms with Gasteiger partial charge in [-0.1, -0.05) is 23.2 Å². The van der Waals surface area contributed by atoms with Crippen LogP contribution in [0.5, 0.6) is 0 Å². The van der Waals surface area contributed by atoms with Crippen LogP contribution in [0, 0.1) is 11.8 Å². The first kappa shape index (κ1) is 30.1. The van der Waals surface area contributed by atoms with Crippen LogP contribution >= 0.6 is 23.2 Å². The summed E-state index contributed by atoms with van der Waals surface area (Å²) in [6.07, 6.45) is 4.73. The molecule has 8 nitrogen and oxygen atoms in total. The Labute approximate surface area is 241 Å². The zero-order chi connectivity index (χ0) is 28.4. The van der Waals surface area contributed by atoms with Crippen LogP contribution in [0.2, 0.25) is 10.0 Å². The van der Waals surface area contributed by atoms with Crippen molar-refractivity contribution in [3.8, 4) is 11.1 Å². The summed E-state index contributed by atoms with van der Waals surface area (Å²) >= 11 is 13.1. The quantitative estimate of drug-likeness (QED) is 0.384. The number of hydrogen-bond donors (Lipinski definition) is 2. The number of rotatable bonds is 8. The summed E-state index contributed by atoms with van der Waals surface area (Å²) in [5, 5.41) is 6.79. The number of amides is 1. The number of carbonyl (C=O) groups is 1. The first-order chi connectivity index (χ1) is 18.4. The molecule has 2 aliphatic rings. The van der Waals surface area contributed by atoms with E-state index in [9.17, 15) is 13.2 Å². The highest BCUT2D eigenvalue weighted by atomic mass is 35.5. The van der Waals surface area contributed by atoms with Gasteiger partial charge in [-0.2, -0.15) is 0 Å². The number of aromatic nitrogens is 1. The van der Waals surface area contributed by atoms with Gasteiger partial charge >= 0.3 is 0 Å². The van der Waals surface area contributed by atoms with Gasteiger partial charge < -0.3 is 15.4 Å². The van der Waals surface area contributed by atoms with E-state index in [0.29, 0.717) is 46.7 Å². The van der Waals surface area contributed by atoms with E-state index in [0.717, 1.165) is 37.2 Å². The van der Waals surface area contributed by atoms with Gasteiger partial charge in [-0.25, -0.2) is 17.7 Å². The number of hydrogen-bond acceptors (Lipinski definition) is 6. The SMILES string of the molecule is CC(C)S(=O)(=O)N1CCCC(C(=O)Nc2cc(-c3cc(NCC4CCOC(C)(C)C4)ccc3Cl)c(Cl)cn2)C1. The van der Waals surface area contributed by atoms with Crippen LogP contribution in [0.4, 0.5) is 11.5 Å². The lowest BCUT2D eigenvalue weighted by molar-refractivity contribution is -0.120. The third-order valence-corrected chi connectivity index (χ3v) is 10.3. The number of carbonyl (C=O) groups excluding carboxylic acids is 1. The monoisotopic (exact) mass is 596 g/mol. The predicted octanol–water partition coefficient (Wildman–Crippen LogP) is 6.06. The van der Waals surface area contributed by atoms with Crippen LogP contribution in [-0.2, 0) is 19.6 Å². The molecular weight excluding hydrogens is 559 g/mol. The number of sulfonamides is 1. The van der Waals surface area contributed by atoms with Crippen LogP contribution in [-0.4, -0.2) is 60.7 Å². The van der Waals surface area contributed by atoms with Crippen molar-refractivity contribution >= 4 is 50.6 Å². The van der Waals surface area contributed by atoms with E-state index < -0.39 is 21.2 Å². The molecule has 214 valence electrons. The van der Waals surface area contributed by atoms with Gasteiger partial charge in [0.15, 0.2) is 0 Å². The molecular formula is C28H38Cl2N4O4S. The summed E-state index contributed by atoms with van der Waals surface area (Å²) in [7, 11) is -3.42. The van der Waals surface area contributed by atoms with Crippen molar-refractivity contribution in [1.82, 2.24) is 9.29 Å². The summed E-state index contributed by atoms with van der Waals surface area (Å²) in [6, 6.07) is 7.43. The van der Waals surface area contributed by atoms with Crippen molar-refractivity contribution in [2.75, 3.05) is 36.9 Å². The van der Waals surface area contributed by atoms with Crippen molar-refractivity contribution in [1.29, 1.82) is 0 Å². The zero-order valence-electron chi connectivity index (χ0n) is 23.0. The Balaban J connectivity index is 1.47. The zero-order valence-corrected chi connectivity index (χ0v) is 25.3. The van der Waals surface area contributed by atoms with Crippen molar-refractivity contribution in [2.24, 2.45) is 11.8 Å². The van der Waals surface area contributed by atoms with Crippen molar-refractivity contribution in [2.45, 2.75) is 64.2 Å². The fourth-order valence-corrected chi connectivity index (χ4v) is 7.06. The molecule has 2 atom stereocenters. The van der Waals surface area contributed by atoms with Gasteiger partial charge in [0.1, 0.15) is 5.82 Å². The van der Waals surface area contributed by atoms with E-state index in [1.807, 2.05) is 18.2 Å². The Morgan fingerprint density at radius 3 is 2.64 bits per heavy atom. The molecule has 1 aromatic heterocycles. The lowest BCUT2D eigenvalue weighted by Gasteiger charge is -2.35. The first-order valence-electron chi connectivity index (χ1n) is 13.5. The molecule has 0 radical (unpaired) electrons. The number of nitrogens with one attached hydrogen (secondary N) is 2. The Morgan fingerprint density at radius 2 is 1.92 bits per heavy atom. The standard InChI is InChI=1S/C28H38Cl2N4O4S/c1-18(2)39(36,37)34-10-5-6-20(17-34)27(35)33-26-13-23(25(30)16-32-26)22-12-21(7-8-24(22)29)31-15-19-9-11-38-28(3,4)14-19/h7-8,12-13,16,18-20,31H,5-6,9-11,14-15,17H2,1-4H3,(H,32,33,35).